The van der Waals surface area contributed by atoms with E-state index in [1.807, 2.05) is 17.9 Å². The zero-order chi connectivity index (χ0) is 16.4. The monoisotopic (exact) mass is 309 g/mol. The summed E-state index contributed by atoms with van der Waals surface area (Å²) >= 11 is 0. The summed E-state index contributed by atoms with van der Waals surface area (Å²) in [6.45, 7) is 7.83. The number of aryl methyl sites for hydroxylation is 4. The summed E-state index contributed by atoms with van der Waals surface area (Å²) in [5, 5.41) is 15.2. The number of nitrogens with one attached hydrogen (secondary N) is 2. The maximum absolute atomic E-state index is 4.46. The minimum absolute atomic E-state index is 0.749. The van der Waals surface area contributed by atoms with Gasteiger partial charge in [-0.2, -0.15) is 10.2 Å². The summed E-state index contributed by atoms with van der Waals surface area (Å²) in [4.78, 5) is 0. The van der Waals surface area contributed by atoms with Gasteiger partial charge >= 0.3 is 0 Å². The molecular formula is C18H23N5. The highest BCUT2D eigenvalue weighted by molar-refractivity contribution is 5.64. The van der Waals surface area contributed by atoms with Crippen LogP contribution in [-0.4, -0.2) is 20.0 Å². The zero-order valence-electron chi connectivity index (χ0n) is 14.1. The predicted molar refractivity (Wildman–Crippen MR) is 92.0 cm³/mol. The summed E-state index contributed by atoms with van der Waals surface area (Å²) in [7, 11) is 1.97. The van der Waals surface area contributed by atoms with Gasteiger partial charge in [0, 0.05) is 37.0 Å². The molecular weight excluding hydrogens is 286 g/mol. The van der Waals surface area contributed by atoms with Gasteiger partial charge < -0.3 is 5.32 Å². The van der Waals surface area contributed by atoms with Crippen LogP contribution in [0.15, 0.2) is 30.5 Å². The number of hydrogen-bond acceptors (Lipinski definition) is 3. The average molecular weight is 309 g/mol. The summed E-state index contributed by atoms with van der Waals surface area (Å²) in [6.07, 6.45) is 1.89. The van der Waals surface area contributed by atoms with Crippen molar-refractivity contribution < 1.29 is 0 Å². The molecule has 2 N–H and O–H groups in total. The normalized spacial score (nSPS) is 11.1. The second-order valence-electron chi connectivity index (χ2n) is 6.07. The van der Waals surface area contributed by atoms with E-state index in [9.17, 15) is 0 Å². The number of aromatic amines is 1. The van der Waals surface area contributed by atoms with Crippen LogP contribution in [0.3, 0.4) is 0 Å². The molecule has 0 spiro atoms. The van der Waals surface area contributed by atoms with Gasteiger partial charge in [0.15, 0.2) is 0 Å². The molecule has 2 aromatic heterocycles. The Hall–Kier alpha value is -2.40. The Morgan fingerprint density at radius 2 is 1.91 bits per heavy atom. The van der Waals surface area contributed by atoms with Crippen molar-refractivity contribution in [1.29, 1.82) is 0 Å². The summed E-state index contributed by atoms with van der Waals surface area (Å²) in [5.41, 5.74) is 8.25. The number of rotatable bonds is 5. The van der Waals surface area contributed by atoms with Crippen LogP contribution in [0.25, 0.3) is 11.3 Å². The van der Waals surface area contributed by atoms with Gasteiger partial charge in [0.25, 0.3) is 0 Å². The lowest BCUT2D eigenvalue weighted by Gasteiger charge is -2.07. The Bertz CT molecular complexity index is 793. The first-order valence-corrected chi connectivity index (χ1v) is 7.84. The van der Waals surface area contributed by atoms with E-state index in [-0.39, 0.29) is 0 Å². The SMILES string of the molecule is Cc1ccc(-c2[nH]ncc2CNCc2cc(C)n(C)n2)cc1C. The Morgan fingerprint density at radius 3 is 2.61 bits per heavy atom. The standard InChI is InChI=1S/C18H23N5/c1-12-5-6-15(7-13(12)2)18-16(10-20-21-18)9-19-11-17-8-14(3)23(4)22-17/h5-8,10,19H,9,11H2,1-4H3,(H,20,21). The van der Waals surface area contributed by atoms with Gasteiger partial charge in [-0.1, -0.05) is 12.1 Å². The van der Waals surface area contributed by atoms with Gasteiger partial charge in [-0.05, 0) is 44.0 Å². The molecule has 3 aromatic rings. The predicted octanol–water partition coefficient (Wildman–Crippen LogP) is 3.03. The van der Waals surface area contributed by atoms with Crippen molar-refractivity contribution in [2.24, 2.45) is 7.05 Å². The largest absolute Gasteiger partial charge is 0.307 e. The Kier molecular flexibility index (Phi) is 4.30. The highest BCUT2D eigenvalue weighted by Gasteiger charge is 2.09. The van der Waals surface area contributed by atoms with E-state index < -0.39 is 0 Å². The molecule has 3 rings (SSSR count). The maximum atomic E-state index is 4.46. The summed E-state index contributed by atoms with van der Waals surface area (Å²) in [5.74, 6) is 0. The van der Waals surface area contributed by atoms with Gasteiger partial charge in [-0.15, -0.1) is 0 Å². The number of H-pyrrole nitrogens is 1. The molecule has 5 heteroatoms. The first-order chi connectivity index (χ1) is 11.0. The smallest absolute Gasteiger partial charge is 0.0765 e. The Morgan fingerprint density at radius 1 is 1.09 bits per heavy atom. The van der Waals surface area contributed by atoms with E-state index in [1.54, 1.807) is 0 Å². The third-order valence-electron chi connectivity index (χ3n) is 4.30. The molecule has 23 heavy (non-hydrogen) atoms. The van der Waals surface area contributed by atoms with Crippen LogP contribution >= 0.6 is 0 Å². The van der Waals surface area contributed by atoms with Gasteiger partial charge in [-0.25, -0.2) is 0 Å². The molecule has 0 bridgehead atoms. The lowest BCUT2D eigenvalue weighted by molar-refractivity contribution is 0.653. The van der Waals surface area contributed by atoms with Crippen molar-refractivity contribution in [3.05, 3.63) is 58.5 Å². The third kappa shape index (κ3) is 3.35. The molecule has 5 nitrogen and oxygen atoms in total. The van der Waals surface area contributed by atoms with E-state index in [0.717, 1.165) is 24.5 Å². The fourth-order valence-corrected chi connectivity index (χ4v) is 2.64. The summed E-state index contributed by atoms with van der Waals surface area (Å²) < 4.78 is 1.90. The van der Waals surface area contributed by atoms with Crippen LogP contribution in [0.5, 0.6) is 0 Å². The van der Waals surface area contributed by atoms with E-state index in [1.165, 1.54) is 27.9 Å². The quantitative estimate of drug-likeness (QED) is 0.761. The number of aromatic nitrogens is 4. The van der Waals surface area contributed by atoms with Gasteiger partial charge in [-0.3, -0.25) is 9.78 Å². The maximum Gasteiger partial charge on any atom is 0.0765 e. The molecule has 0 saturated carbocycles. The molecule has 2 heterocycles. The lowest BCUT2D eigenvalue weighted by Crippen LogP contribution is -2.13. The molecule has 1 aromatic carbocycles. The molecule has 0 saturated heterocycles. The van der Waals surface area contributed by atoms with Crippen molar-refractivity contribution in [3.63, 3.8) is 0 Å². The number of benzene rings is 1. The lowest BCUT2D eigenvalue weighted by atomic mass is 10.0. The number of hydrogen-bond donors (Lipinski definition) is 2. The second-order valence-corrected chi connectivity index (χ2v) is 6.07. The van der Waals surface area contributed by atoms with Crippen LogP contribution in [0.4, 0.5) is 0 Å². The molecule has 120 valence electrons. The van der Waals surface area contributed by atoms with E-state index in [2.05, 4.69) is 65.6 Å². The highest BCUT2D eigenvalue weighted by atomic mass is 15.3. The van der Waals surface area contributed by atoms with Crippen molar-refractivity contribution >= 4 is 0 Å². The van der Waals surface area contributed by atoms with Gasteiger partial charge in [0.05, 0.1) is 17.6 Å². The van der Waals surface area contributed by atoms with Gasteiger partial charge in [0.2, 0.25) is 0 Å². The molecule has 0 unspecified atom stereocenters. The molecule has 0 fully saturated rings. The fourth-order valence-electron chi connectivity index (χ4n) is 2.64. The zero-order valence-corrected chi connectivity index (χ0v) is 14.1. The van der Waals surface area contributed by atoms with Crippen molar-refractivity contribution in [1.82, 2.24) is 25.3 Å². The molecule has 0 radical (unpaired) electrons. The van der Waals surface area contributed by atoms with E-state index in [4.69, 9.17) is 0 Å². The van der Waals surface area contributed by atoms with Crippen LogP contribution in [0.2, 0.25) is 0 Å². The van der Waals surface area contributed by atoms with Crippen LogP contribution in [0.1, 0.15) is 28.1 Å². The van der Waals surface area contributed by atoms with Crippen molar-refractivity contribution in [2.75, 3.05) is 0 Å². The fraction of sp³-hybridized carbons (Fsp3) is 0.333. The third-order valence-corrected chi connectivity index (χ3v) is 4.30. The van der Waals surface area contributed by atoms with Crippen LogP contribution in [0, 0.1) is 20.8 Å². The van der Waals surface area contributed by atoms with Gasteiger partial charge in [0.1, 0.15) is 0 Å². The Labute approximate surface area is 136 Å². The summed E-state index contributed by atoms with van der Waals surface area (Å²) in [6, 6.07) is 8.60. The second kappa shape index (κ2) is 6.38. The number of nitrogens with zero attached hydrogens (tertiary/aromatic N) is 3. The minimum Gasteiger partial charge on any atom is -0.307 e. The molecule has 0 amide bonds. The first kappa shape index (κ1) is 15.5. The van der Waals surface area contributed by atoms with E-state index in [0.29, 0.717) is 0 Å². The first-order valence-electron chi connectivity index (χ1n) is 7.84. The minimum atomic E-state index is 0.749. The van der Waals surface area contributed by atoms with Crippen LogP contribution in [-0.2, 0) is 20.1 Å². The average Bonchev–Trinajstić information content (AvgIpc) is 3.10. The molecule has 0 aliphatic heterocycles. The van der Waals surface area contributed by atoms with E-state index >= 15 is 0 Å². The Balaban J connectivity index is 1.69. The molecule has 0 atom stereocenters. The topological polar surface area (TPSA) is 58.5 Å². The molecule has 0 aliphatic rings. The van der Waals surface area contributed by atoms with Crippen LogP contribution < -0.4 is 5.32 Å². The highest BCUT2D eigenvalue weighted by Crippen LogP contribution is 2.23. The van der Waals surface area contributed by atoms with Crippen molar-refractivity contribution in [3.8, 4) is 11.3 Å². The van der Waals surface area contributed by atoms with Crippen molar-refractivity contribution in [2.45, 2.75) is 33.9 Å². The molecule has 0 aliphatic carbocycles.